The van der Waals surface area contributed by atoms with Crippen LogP contribution in [0.2, 0.25) is 0 Å². The molecule has 0 aliphatic rings. The Labute approximate surface area is 107 Å². The van der Waals surface area contributed by atoms with Crippen molar-refractivity contribution in [3.63, 3.8) is 0 Å². The number of hydrogen-bond donors (Lipinski definition) is 2. The summed E-state index contributed by atoms with van der Waals surface area (Å²) in [6, 6.07) is 0. The summed E-state index contributed by atoms with van der Waals surface area (Å²) in [5, 5.41) is 20.1. The number of likely N-dealkylation sites (N-methyl/N-ethyl adjacent to an activating group) is 1. The first kappa shape index (κ1) is 14.4. The van der Waals surface area contributed by atoms with E-state index in [2.05, 4.69) is 27.3 Å². The fourth-order valence-electron chi connectivity index (χ4n) is 1.52. The van der Waals surface area contributed by atoms with Crippen LogP contribution in [0.15, 0.2) is 0 Å². The zero-order chi connectivity index (χ0) is 13.7. The Bertz CT molecular complexity index is 434. The molecule has 0 bridgehead atoms. The molecular formula is C12H20N4O2. The van der Waals surface area contributed by atoms with Crippen molar-refractivity contribution in [2.75, 3.05) is 32.0 Å². The largest absolute Gasteiger partial charge is 0.478 e. The van der Waals surface area contributed by atoms with Crippen LogP contribution in [-0.2, 0) is 0 Å². The van der Waals surface area contributed by atoms with E-state index in [9.17, 15) is 9.90 Å². The van der Waals surface area contributed by atoms with E-state index < -0.39 is 5.97 Å². The maximum atomic E-state index is 11.2. The van der Waals surface area contributed by atoms with Crippen molar-refractivity contribution in [3.8, 4) is 0 Å². The number of hydrogen-bond acceptors (Lipinski definition) is 5. The van der Waals surface area contributed by atoms with Crippen LogP contribution in [0.3, 0.4) is 0 Å². The third-order valence-corrected chi connectivity index (χ3v) is 2.99. The molecule has 0 spiro atoms. The number of carboxylic acid groups (broad SMARTS) is 1. The van der Waals surface area contributed by atoms with E-state index in [1.807, 2.05) is 7.05 Å². The minimum absolute atomic E-state index is 0.210. The summed E-state index contributed by atoms with van der Waals surface area (Å²) in [6.45, 7) is 7.98. The number of aromatic nitrogens is 2. The number of nitrogens with one attached hydrogen (secondary N) is 1. The number of nitrogens with zero attached hydrogens (tertiary/aromatic N) is 3. The van der Waals surface area contributed by atoms with Crippen LogP contribution in [0.25, 0.3) is 0 Å². The van der Waals surface area contributed by atoms with Gasteiger partial charge in [0.25, 0.3) is 0 Å². The normalized spacial score (nSPS) is 10.7. The molecule has 0 aliphatic heterocycles. The van der Waals surface area contributed by atoms with Crippen LogP contribution in [0.5, 0.6) is 0 Å². The van der Waals surface area contributed by atoms with Gasteiger partial charge < -0.3 is 15.3 Å². The number of anilines is 1. The van der Waals surface area contributed by atoms with Crippen molar-refractivity contribution in [2.24, 2.45) is 0 Å². The standard InChI is InChI=1S/C12H20N4O2/c1-5-16(4)7-6-13-11-10(12(17)18)8(2)9(3)14-15-11/h5-7H2,1-4H3,(H,13,15)(H,17,18). The molecule has 0 saturated carbocycles. The van der Waals surface area contributed by atoms with Gasteiger partial charge in [-0.3, -0.25) is 0 Å². The van der Waals surface area contributed by atoms with Crippen LogP contribution in [0.4, 0.5) is 5.82 Å². The maximum Gasteiger partial charge on any atom is 0.339 e. The number of aryl methyl sites for hydroxylation is 1. The van der Waals surface area contributed by atoms with Crippen molar-refractivity contribution in [2.45, 2.75) is 20.8 Å². The summed E-state index contributed by atoms with van der Waals surface area (Å²) in [4.78, 5) is 13.4. The molecule has 6 nitrogen and oxygen atoms in total. The lowest BCUT2D eigenvalue weighted by Gasteiger charge is -2.15. The zero-order valence-electron chi connectivity index (χ0n) is 11.3. The molecule has 0 unspecified atom stereocenters. The van der Waals surface area contributed by atoms with E-state index in [1.165, 1.54) is 0 Å². The lowest BCUT2D eigenvalue weighted by Crippen LogP contribution is -2.26. The highest BCUT2D eigenvalue weighted by molar-refractivity contribution is 5.94. The highest BCUT2D eigenvalue weighted by Gasteiger charge is 2.17. The Hall–Kier alpha value is -1.69. The second-order valence-electron chi connectivity index (χ2n) is 4.26. The van der Waals surface area contributed by atoms with Gasteiger partial charge in [-0.05, 0) is 33.0 Å². The van der Waals surface area contributed by atoms with Gasteiger partial charge in [0.15, 0.2) is 5.82 Å². The van der Waals surface area contributed by atoms with Gasteiger partial charge >= 0.3 is 5.97 Å². The average Bonchev–Trinajstić information content (AvgIpc) is 2.33. The predicted molar refractivity (Wildman–Crippen MR) is 70.1 cm³/mol. The molecule has 1 rings (SSSR count). The predicted octanol–water partition coefficient (Wildman–Crippen LogP) is 1.16. The molecule has 100 valence electrons. The van der Waals surface area contributed by atoms with Crippen LogP contribution in [-0.4, -0.2) is 52.9 Å². The molecule has 1 aromatic rings. The summed E-state index contributed by atoms with van der Waals surface area (Å²) >= 11 is 0. The van der Waals surface area contributed by atoms with E-state index in [0.29, 0.717) is 23.6 Å². The molecule has 0 aromatic carbocycles. The van der Waals surface area contributed by atoms with Gasteiger partial charge in [-0.2, -0.15) is 5.10 Å². The van der Waals surface area contributed by atoms with E-state index in [-0.39, 0.29) is 5.56 Å². The molecule has 0 saturated heterocycles. The third-order valence-electron chi connectivity index (χ3n) is 2.99. The van der Waals surface area contributed by atoms with Crippen molar-refractivity contribution < 1.29 is 9.90 Å². The van der Waals surface area contributed by atoms with Crippen molar-refractivity contribution >= 4 is 11.8 Å². The van der Waals surface area contributed by atoms with Gasteiger partial charge in [0, 0.05) is 13.1 Å². The molecule has 0 atom stereocenters. The summed E-state index contributed by atoms with van der Waals surface area (Å²) in [6.07, 6.45) is 0. The molecule has 0 amide bonds. The first-order valence-electron chi connectivity index (χ1n) is 5.97. The highest BCUT2D eigenvalue weighted by Crippen LogP contribution is 2.17. The summed E-state index contributed by atoms with van der Waals surface area (Å²) in [7, 11) is 2.01. The van der Waals surface area contributed by atoms with Gasteiger partial charge in [0.05, 0.1) is 5.69 Å². The highest BCUT2D eigenvalue weighted by atomic mass is 16.4. The SMILES string of the molecule is CCN(C)CCNc1nnc(C)c(C)c1C(=O)O. The second-order valence-corrected chi connectivity index (χ2v) is 4.26. The van der Waals surface area contributed by atoms with Gasteiger partial charge in [-0.25, -0.2) is 4.79 Å². The smallest absolute Gasteiger partial charge is 0.339 e. The number of carbonyl (C=O) groups is 1. The monoisotopic (exact) mass is 252 g/mol. The third kappa shape index (κ3) is 3.40. The van der Waals surface area contributed by atoms with Crippen LogP contribution in [0, 0.1) is 13.8 Å². The molecule has 18 heavy (non-hydrogen) atoms. The van der Waals surface area contributed by atoms with Gasteiger partial charge in [0.2, 0.25) is 0 Å². The van der Waals surface area contributed by atoms with Gasteiger partial charge in [-0.15, -0.1) is 5.10 Å². The topological polar surface area (TPSA) is 78.3 Å². The molecule has 1 heterocycles. The Kier molecular flexibility index (Phi) is 5.03. The van der Waals surface area contributed by atoms with Crippen LogP contribution < -0.4 is 5.32 Å². The Morgan fingerprint density at radius 3 is 2.61 bits per heavy atom. The minimum Gasteiger partial charge on any atom is -0.478 e. The Morgan fingerprint density at radius 1 is 1.39 bits per heavy atom. The Balaban J connectivity index is 2.83. The maximum absolute atomic E-state index is 11.2. The molecule has 0 aliphatic carbocycles. The first-order chi connectivity index (χ1) is 8.47. The molecule has 2 N–H and O–H groups in total. The molecule has 0 radical (unpaired) electrons. The van der Waals surface area contributed by atoms with E-state index in [1.54, 1.807) is 13.8 Å². The molecule has 0 fully saturated rings. The molecule has 6 heteroatoms. The van der Waals surface area contributed by atoms with Crippen LogP contribution >= 0.6 is 0 Å². The fourth-order valence-corrected chi connectivity index (χ4v) is 1.52. The van der Waals surface area contributed by atoms with Crippen LogP contribution in [0.1, 0.15) is 28.5 Å². The zero-order valence-corrected chi connectivity index (χ0v) is 11.3. The fraction of sp³-hybridized carbons (Fsp3) is 0.583. The molecule has 1 aromatic heterocycles. The number of carboxylic acids is 1. The van der Waals surface area contributed by atoms with Gasteiger partial charge in [-0.1, -0.05) is 6.92 Å². The Morgan fingerprint density at radius 2 is 2.06 bits per heavy atom. The van der Waals surface area contributed by atoms with Crippen molar-refractivity contribution in [1.82, 2.24) is 15.1 Å². The lowest BCUT2D eigenvalue weighted by molar-refractivity contribution is 0.0696. The quantitative estimate of drug-likeness (QED) is 0.791. The number of aromatic carboxylic acids is 1. The average molecular weight is 252 g/mol. The second kappa shape index (κ2) is 6.30. The van der Waals surface area contributed by atoms with E-state index >= 15 is 0 Å². The number of rotatable bonds is 6. The summed E-state index contributed by atoms with van der Waals surface area (Å²) < 4.78 is 0. The first-order valence-corrected chi connectivity index (χ1v) is 5.97. The summed E-state index contributed by atoms with van der Waals surface area (Å²) in [5.41, 5.74) is 1.51. The van der Waals surface area contributed by atoms with Crippen molar-refractivity contribution in [3.05, 3.63) is 16.8 Å². The van der Waals surface area contributed by atoms with Gasteiger partial charge in [0.1, 0.15) is 5.56 Å². The summed E-state index contributed by atoms with van der Waals surface area (Å²) in [5.74, 6) is -0.632. The lowest BCUT2D eigenvalue weighted by atomic mass is 10.1. The van der Waals surface area contributed by atoms with E-state index in [4.69, 9.17) is 0 Å². The van der Waals surface area contributed by atoms with Crippen molar-refractivity contribution in [1.29, 1.82) is 0 Å². The minimum atomic E-state index is -0.975. The molecular weight excluding hydrogens is 232 g/mol. The van der Waals surface area contributed by atoms with E-state index in [0.717, 1.165) is 13.1 Å².